The van der Waals surface area contributed by atoms with E-state index in [-0.39, 0.29) is 34.1 Å². The van der Waals surface area contributed by atoms with Crippen LogP contribution in [0.15, 0.2) is 58.9 Å². The predicted molar refractivity (Wildman–Crippen MR) is 147 cm³/mol. The zero-order valence-corrected chi connectivity index (χ0v) is 23.3. The number of carbonyl (C=O) groups excluding carboxylic acids is 3. The predicted octanol–water partition coefficient (Wildman–Crippen LogP) is 0.329. The molecule has 3 atom stereocenters. The zero-order chi connectivity index (χ0) is 30.1. The van der Waals surface area contributed by atoms with Gasteiger partial charge < -0.3 is 31.1 Å². The van der Waals surface area contributed by atoms with Gasteiger partial charge in [0.05, 0.1) is 5.56 Å². The quantitative estimate of drug-likeness (QED) is 0.109. The lowest BCUT2D eigenvalue weighted by atomic mass is 10.0. The van der Waals surface area contributed by atoms with E-state index < -0.39 is 52.6 Å². The monoisotopic (exact) mass is 613 g/mol. The van der Waals surface area contributed by atoms with Crippen molar-refractivity contribution < 1.29 is 39.6 Å². The summed E-state index contributed by atoms with van der Waals surface area (Å²) in [6, 6.07) is 6.72. The summed E-state index contributed by atoms with van der Waals surface area (Å²) < 4.78 is 1.44. The second-order valence-corrected chi connectivity index (χ2v) is 11.2. The van der Waals surface area contributed by atoms with Gasteiger partial charge in [0.15, 0.2) is 11.5 Å². The molecule has 3 aromatic rings. The smallest absolute Gasteiger partial charge is 0.352 e. The molecule has 2 aromatic carbocycles. The summed E-state index contributed by atoms with van der Waals surface area (Å²) in [5, 5.41) is 55.5. The second kappa shape index (κ2) is 11.6. The molecule has 0 spiro atoms. The van der Waals surface area contributed by atoms with Crippen molar-refractivity contribution in [2.75, 3.05) is 11.5 Å². The van der Waals surface area contributed by atoms with Gasteiger partial charge in [-0.1, -0.05) is 30.0 Å². The number of tetrazole rings is 1. The number of β-lactam (4-membered cyclic amide) rings is 1. The number of nitrogens with one attached hydrogen (secondary N) is 2. The van der Waals surface area contributed by atoms with Crippen LogP contribution in [0, 0.1) is 0 Å². The maximum atomic E-state index is 13.5. The van der Waals surface area contributed by atoms with Crippen molar-refractivity contribution in [2.24, 2.45) is 7.05 Å². The number of amides is 3. The summed E-state index contributed by atoms with van der Waals surface area (Å²) in [5.74, 6) is -4.39. The van der Waals surface area contributed by atoms with Crippen LogP contribution in [0.5, 0.6) is 17.2 Å². The molecule has 0 aliphatic carbocycles. The van der Waals surface area contributed by atoms with Gasteiger partial charge in [0.2, 0.25) is 11.1 Å². The molecule has 6 N–H and O–H groups in total. The number of carboxylic acids is 1. The standard InChI is InChI=1S/C25H23N7O8S2/c1-31-25(28-29-30-31)42-10-12-9-41-23-17(22(38)32(23)18(12)24(39)40)27-21(37)16(11-5-7-13(33)8-6-11)26-20(36)14-3-2-4-15(34)19(14)35/h2-8,16-17,23,33-35H,9-10H2,1H3,(H,26,36)(H,27,37)(H,39,40)/t16?,17?,23-/m0/s1. The topological polar surface area (TPSA) is 220 Å². The molecule has 2 unspecified atom stereocenters. The third-order valence-electron chi connectivity index (χ3n) is 6.53. The lowest BCUT2D eigenvalue weighted by Crippen LogP contribution is -2.71. The Kier molecular flexibility index (Phi) is 7.95. The molecular weight excluding hydrogens is 590 g/mol. The highest BCUT2D eigenvalue weighted by Gasteiger charge is 2.54. The number of aryl methyl sites for hydroxylation is 1. The number of aliphatic carboxylic acids is 1. The first-order chi connectivity index (χ1) is 20.1. The molecule has 0 radical (unpaired) electrons. The van der Waals surface area contributed by atoms with E-state index in [1.54, 1.807) is 7.05 Å². The van der Waals surface area contributed by atoms with Crippen LogP contribution in [0.1, 0.15) is 22.0 Å². The first kappa shape index (κ1) is 28.7. The van der Waals surface area contributed by atoms with Gasteiger partial charge in [-0.15, -0.1) is 16.9 Å². The number of para-hydroxylation sites is 1. The Morgan fingerprint density at radius 3 is 2.55 bits per heavy atom. The Bertz CT molecular complexity index is 1610. The van der Waals surface area contributed by atoms with E-state index in [2.05, 4.69) is 26.2 Å². The van der Waals surface area contributed by atoms with Crippen LogP contribution in [0.4, 0.5) is 0 Å². The van der Waals surface area contributed by atoms with Gasteiger partial charge in [-0.25, -0.2) is 9.48 Å². The molecule has 42 heavy (non-hydrogen) atoms. The Labute approximate surface area is 245 Å². The number of fused-ring (bicyclic) bond motifs is 1. The van der Waals surface area contributed by atoms with E-state index in [1.165, 1.54) is 70.7 Å². The van der Waals surface area contributed by atoms with E-state index in [1.807, 2.05) is 0 Å². The summed E-state index contributed by atoms with van der Waals surface area (Å²) in [5.41, 5.74) is 0.288. The fourth-order valence-electron chi connectivity index (χ4n) is 4.42. The zero-order valence-electron chi connectivity index (χ0n) is 21.7. The molecule has 218 valence electrons. The number of aromatic nitrogens is 4. The van der Waals surface area contributed by atoms with Crippen molar-refractivity contribution in [3.05, 3.63) is 64.9 Å². The number of thioether (sulfide) groups is 2. The minimum atomic E-state index is -1.38. The number of carboxylic acid groups (broad SMARTS) is 1. The third kappa shape index (κ3) is 5.42. The number of rotatable bonds is 9. The average Bonchev–Trinajstić information content (AvgIpc) is 3.38. The number of benzene rings is 2. The minimum absolute atomic E-state index is 0.0873. The normalized spacial score (nSPS) is 18.6. The average molecular weight is 614 g/mol. The van der Waals surface area contributed by atoms with Gasteiger partial charge in [0.1, 0.15) is 28.9 Å². The Morgan fingerprint density at radius 1 is 1.14 bits per heavy atom. The second-order valence-electron chi connectivity index (χ2n) is 9.20. The molecule has 3 heterocycles. The molecule has 15 nitrogen and oxygen atoms in total. The highest BCUT2D eigenvalue weighted by Crippen LogP contribution is 2.41. The van der Waals surface area contributed by atoms with Gasteiger partial charge in [-0.2, -0.15) is 0 Å². The lowest BCUT2D eigenvalue weighted by molar-refractivity contribution is -0.151. The van der Waals surface area contributed by atoms with E-state index in [9.17, 15) is 39.6 Å². The van der Waals surface area contributed by atoms with Crippen LogP contribution in [0.3, 0.4) is 0 Å². The van der Waals surface area contributed by atoms with Crippen LogP contribution in [-0.2, 0) is 21.4 Å². The summed E-state index contributed by atoms with van der Waals surface area (Å²) in [6.07, 6.45) is 0. The van der Waals surface area contributed by atoms with Crippen LogP contribution in [0.25, 0.3) is 0 Å². The molecule has 1 fully saturated rings. The van der Waals surface area contributed by atoms with E-state index in [0.29, 0.717) is 10.7 Å². The molecule has 2 aliphatic rings. The number of phenols is 3. The number of nitrogens with zero attached hydrogens (tertiary/aromatic N) is 5. The summed E-state index contributed by atoms with van der Waals surface area (Å²) in [7, 11) is 1.65. The number of phenolic OH excluding ortho intramolecular Hbond substituents is 3. The molecule has 2 aliphatic heterocycles. The Balaban J connectivity index is 1.34. The van der Waals surface area contributed by atoms with E-state index in [0.717, 1.165) is 4.90 Å². The summed E-state index contributed by atoms with van der Waals surface area (Å²) >= 11 is 2.50. The fraction of sp³-hybridized carbons (Fsp3) is 0.240. The fourth-order valence-corrected chi connectivity index (χ4v) is 6.75. The molecule has 0 saturated carbocycles. The lowest BCUT2D eigenvalue weighted by Gasteiger charge is -2.49. The largest absolute Gasteiger partial charge is 0.508 e. The molecular formula is C25H23N7O8S2. The van der Waals surface area contributed by atoms with Crippen LogP contribution >= 0.6 is 23.5 Å². The first-order valence-corrected chi connectivity index (χ1v) is 14.3. The highest BCUT2D eigenvalue weighted by atomic mass is 32.2. The number of hydrogen-bond acceptors (Lipinski definition) is 12. The molecule has 0 bridgehead atoms. The van der Waals surface area contributed by atoms with Crippen molar-refractivity contribution in [1.82, 2.24) is 35.7 Å². The summed E-state index contributed by atoms with van der Waals surface area (Å²) in [6.45, 7) is 0. The molecule has 3 amide bonds. The highest BCUT2D eigenvalue weighted by molar-refractivity contribution is 8.01. The van der Waals surface area contributed by atoms with Gasteiger partial charge >= 0.3 is 5.97 Å². The van der Waals surface area contributed by atoms with Crippen molar-refractivity contribution in [2.45, 2.75) is 22.6 Å². The van der Waals surface area contributed by atoms with Crippen molar-refractivity contribution in [3.63, 3.8) is 0 Å². The van der Waals surface area contributed by atoms with Crippen molar-refractivity contribution in [1.29, 1.82) is 0 Å². The van der Waals surface area contributed by atoms with Crippen molar-refractivity contribution in [3.8, 4) is 17.2 Å². The number of carbonyl (C=O) groups is 4. The first-order valence-electron chi connectivity index (χ1n) is 12.2. The maximum Gasteiger partial charge on any atom is 0.352 e. The molecule has 17 heteroatoms. The Morgan fingerprint density at radius 2 is 1.88 bits per heavy atom. The Hall–Kier alpha value is -4.77. The van der Waals surface area contributed by atoms with Gasteiger partial charge in [-0.3, -0.25) is 19.3 Å². The number of hydrogen-bond donors (Lipinski definition) is 6. The van der Waals surface area contributed by atoms with E-state index in [4.69, 9.17) is 0 Å². The molecule has 1 saturated heterocycles. The van der Waals surface area contributed by atoms with Gasteiger partial charge in [0, 0.05) is 18.6 Å². The third-order valence-corrected chi connectivity index (χ3v) is 8.96. The molecule has 5 rings (SSSR count). The molecule has 1 aromatic heterocycles. The van der Waals surface area contributed by atoms with Crippen LogP contribution < -0.4 is 10.6 Å². The van der Waals surface area contributed by atoms with Crippen LogP contribution in [0.2, 0.25) is 0 Å². The van der Waals surface area contributed by atoms with Crippen molar-refractivity contribution >= 4 is 47.2 Å². The summed E-state index contributed by atoms with van der Waals surface area (Å²) in [4.78, 5) is 53.0. The maximum absolute atomic E-state index is 13.5. The minimum Gasteiger partial charge on any atom is -0.508 e. The van der Waals surface area contributed by atoms with Crippen LogP contribution in [-0.4, -0.2) is 92.1 Å². The SMILES string of the molecule is Cn1nnnc1SCC1=C(C(=O)O)N2C(=O)C(NC(=O)C(NC(=O)c3cccc(O)c3O)c3ccc(O)cc3)[C@@H]2SC1. The van der Waals surface area contributed by atoms with Gasteiger partial charge in [0.25, 0.3) is 11.8 Å². The van der Waals surface area contributed by atoms with Gasteiger partial charge in [-0.05, 0) is 45.8 Å². The number of aromatic hydroxyl groups is 3. The van der Waals surface area contributed by atoms with E-state index >= 15 is 0 Å².